The van der Waals surface area contributed by atoms with Crippen molar-refractivity contribution in [2.75, 3.05) is 13.2 Å². The summed E-state index contributed by atoms with van der Waals surface area (Å²) < 4.78 is 16.7. The van der Waals surface area contributed by atoms with Crippen molar-refractivity contribution in [3.8, 4) is 0 Å². The zero-order valence-electron chi connectivity index (χ0n) is 40.9. The van der Waals surface area contributed by atoms with Gasteiger partial charge in [0.05, 0.1) is 0 Å². The molecule has 0 aromatic rings. The molecule has 0 saturated heterocycles. The summed E-state index contributed by atoms with van der Waals surface area (Å²) in [6.45, 7) is 6.47. The first-order valence-corrected chi connectivity index (χ1v) is 26.3. The molecule has 0 saturated carbocycles. The molecular weight excluding hydrogens is 769 g/mol. The van der Waals surface area contributed by atoms with Gasteiger partial charge in [-0.3, -0.25) is 14.4 Å². The van der Waals surface area contributed by atoms with Gasteiger partial charge >= 0.3 is 17.9 Å². The standard InChI is InChI=1S/C56H98O6/c1-4-7-10-13-16-19-22-25-26-27-28-29-32-34-37-40-43-46-49-55(58)61-52-53(62-56(59)50-47-44-41-38-35-31-24-21-18-15-12-9-6-3)51-60-54(57)48-45-42-39-36-33-30-23-20-17-14-11-8-5-2/h9,12,18,21,26-27,31,35,41,44,53H,4-8,10-11,13-17,19-20,22-25,28-30,32-34,36-40,42-43,45-52H2,1-3H3/b12-9-,21-18-,27-26-,35-31-,44-41-. The Kier molecular flexibility index (Phi) is 48.4. The van der Waals surface area contributed by atoms with E-state index in [-0.39, 0.29) is 37.5 Å². The number of allylic oxidation sites excluding steroid dienone is 10. The van der Waals surface area contributed by atoms with Crippen LogP contribution in [0.1, 0.15) is 258 Å². The third-order valence-electron chi connectivity index (χ3n) is 11.3. The van der Waals surface area contributed by atoms with Crippen LogP contribution in [-0.2, 0) is 28.6 Å². The predicted molar refractivity (Wildman–Crippen MR) is 265 cm³/mol. The van der Waals surface area contributed by atoms with Gasteiger partial charge in [-0.25, -0.2) is 0 Å². The van der Waals surface area contributed by atoms with E-state index in [4.69, 9.17) is 14.2 Å². The number of rotatable bonds is 47. The fourth-order valence-electron chi connectivity index (χ4n) is 7.33. The van der Waals surface area contributed by atoms with Gasteiger partial charge in [0.15, 0.2) is 6.10 Å². The van der Waals surface area contributed by atoms with Crippen molar-refractivity contribution in [2.45, 2.75) is 264 Å². The van der Waals surface area contributed by atoms with Crippen molar-refractivity contribution < 1.29 is 28.6 Å². The number of hydrogen-bond donors (Lipinski definition) is 0. The molecule has 0 aromatic heterocycles. The van der Waals surface area contributed by atoms with E-state index in [1.807, 2.05) is 12.2 Å². The van der Waals surface area contributed by atoms with Gasteiger partial charge in [0.2, 0.25) is 0 Å². The smallest absolute Gasteiger partial charge is 0.306 e. The average Bonchev–Trinajstić information content (AvgIpc) is 3.27. The lowest BCUT2D eigenvalue weighted by Crippen LogP contribution is -2.30. The largest absolute Gasteiger partial charge is 0.462 e. The van der Waals surface area contributed by atoms with Crippen molar-refractivity contribution in [1.82, 2.24) is 0 Å². The molecule has 0 aliphatic carbocycles. The zero-order valence-corrected chi connectivity index (χ0v) is 40.9. The summed E-state index contributed by atoms with van der Waals surface area (Å²) >= 11 is 0. The molecule has 0 fully saturated rings. The molecule has 0 heterocycles. The molecule has 6 nitrogen and oxygen atoms in total. The Balaban J connectivity index is 4.41. The minimum atomic E-state index is -0.811. The van der Waals surface area contributed by atoms with Crippen molar-refractivity contribution in [3.05, 3.63) is 60.8 Å². The van der Waals surface area contributed by atoms with Gasteiger partial charge in [0.1, 0.15) is 13.2 Å². The molecule has 62 heavy (non-hydrogen) atoms. The van der Waals surface area contributed by atoms with Crippen LogP contribution in [0, 0.1) is 0 Å². The summed E-state index contributed by atoms with van der Waals surface area (Å²) in [5.74, 6) is -0.983. The Labute approximate surface area is 383 Å². The summed E-state index contributed by atoms with van der Waals surface area (Å²) in [5, 5.41) is 0. The van der Waals surface area contributed by atoms with E-state index in [0.29, 0.717) is 19.3 Å². The second-order valence-electron chi connectivity index (χ2n) is 17.4. The van der Waals surface area contributed by atoms with Crippen LogP contribution >= 0.6 is 0 Å². The Bertz CT molecular complexity index is 1130. The molecule has 6 heteroatoms. The number of esters is 3. The van der Waals surface area contributed by atoms with E-state index in [1.165, 1.54) is 148 Å². The van der Waals surface area contributed by atoms with E-state index in [0.717, 1.165) is 64.2 Å². The van der Waals surface area contributed by atoms with Gasteiger partial charge in [-0.05, 0) is 70.6 Å². The Morgan fingerprint density at radius 2 is 0.661 bits per heavy atom. The summed E-state index contributed by atoms with van der Waals surface area (Å²) in [7, 11) is 0. The van der Waals surface area contributed by atoms with Gasteiger partial charge in [0, 0.05) is 19.3 Å². The normalized spacial score (nSPS) is 12.5. The van der Waals surface area contributed by atoms with Crippen LogP contribution in [-0.4, -0.2) is 37.2 Å². The van der Waals surface area contributed by atoms with Crippen LogP contribution < -0.4 is 0 Å². The third kappa shape index (κ3) is 48.1. The van der Waals surface area contributed by atoms with E-state index >= 15 is 0 Å². The van der Waals surface area contributed by atoms with Crippen LogP contribution in [0.5, 0.6) is 0 Å². The molecule has 0 N–H and O–H groups in total. The Hall–Kier alpha value is -2.89. The summed E-state index contributed by atoms with van der Waals surface area (Å²) in [4.78, 5) is 37.9. The van der Waals surface area contributed by atoms with Gasteiger partial charge < -0.3 is 14.2 Å². The maximum atomic E-state index is 12.7. The average molecular weight is 867 g/mol. The van der Waals surface area contributed by atoms with Gasteiger partial charge in [-0.1, -0.05) is 229 Å². The molecule has 1 unspecified atom stereocenters. The molecule has 0 aliphatic rings. The minimum Gasteiger partial charge on any atom is -0.462 e. The minimum absolute atomic E-state index is 0.102. The summed E-state index contributed by atoms with van der Waals surface area (Å²) in [6.07, 6.45) is 62.2. The maximum absolute atomic E-state index is 12.7. The monoisotopic (exact) mass is 867 g/mol. The lowest BCUT2D eigenvalue weighted by molar-refractivity contribution is -0.166. The maximum Gasteiger partial charge on any atom is 0.306 e. The predicted octanol–water partition coefficient (Wildman–Crippen LogP) is 17.3. The molecule has 1 atom stereocenters. The molecule has 0 bridgehead atoms. The fraction of sp³-hybridized carbons (Fsp3) is 0.768. The van der Waals surface area contributed by atoms with Crippen LogP contribution in [0.25, 0.3) is 0 Å². The van der Waals surface area contributed by atoms with Gasteiger partial charge in [-0.15, -0.1) is 0 Å². The highest BCUT2D eigenvalue weighted by molar-refractivity contribution is 5.71. The molecule has 358 valence electrons. The molecule has 0 radical (unpaired) electrons. The number of carbonyl (C=O) groups is 3. The van der Waals surface area contributed by atoms with Crippen LogP contribution in [0.3, 0.4) is 0 Å². The number of hydrogen-bond acceptors (Lipinski definition) is 6. The van der Waals surface area contributed by atoms with Gasteiger partial charge in [0.25, 0.3) is 0 Å². The lowest BCUT2D eigenvalue weighted by Gasteiger charge is -2.18. The highest BCUT2D eigenvalue weighted by Gasteiger charge is 2.19. The second-order valence-corrected chi connectivity index (χ2v) is 17.4. The number of ether oxygens (including phenoxy) is 3. The lowest BCUT2D eigenvalue weighted by atomic mass is 10.0. The topological polar surface area (TPSA) is 78.9 Å². The highest BCUT2D eigenvalue weighted by Crippen LogP contribution is 2.15. The quantitative estimate of drug-likeness (QED) is 0.0262. The van der Waals surface area contributed by atoms with Crippen molar-refractivity contribution in [2.24, 2.45) is 0 Å². The summed E-state index contributed by atoms with van der Waals surface area (Å²) in [6, 6.07) is 0. The van der Waals surface area contributed by atoms with Crippen LogP contribution in [0.4, 0.5) is 0 Å². The molecular formula is C56H98O6. The Morgan fingerprint density at radius 3 is 1.05 bits per heavy atom. The molecule has 0 spiro atoms. The first-order chi connectivity index (χ1) is 30.5. The van der Waals surface area contributed by atoms with E-state index in [2.05, 4.69) is 69.4 Å². The zero-order chi connectivity index (χ0) is 45.1. The number of carbonyl (C=O) groups excluding carboxylic acids is 3. The first-order valence-electron chi connectivity index (χ1n) is 26.3. The highest BCUT2D eigenvalue weighted by atomic mass is 16.6. The van der Waals surface area contributed by atoms with Crippen LogP contribution in [0.15, 0.2) is 60.8 Å². The molecule has 0 amide bonds. The Morgan fingerprint density at radius 1 is 0.339 bits per heavy atom. The van der Waals surface area contributed by atoms with Crippen molar-refractivity contribution in [3.63, 3.8) is 0 Å². The molecule has 0 aromatic carbocycles. The van der Waals surface area contributed by atoms with Crippen molar-refractivity contribution >= 4 is 17.9 Å². The van der Waals surface area contributed by atoms with E-state index < -0.39 is 6.10 Å². The number of unbranched alkanes of at least 4 members (excludes halogenated alkanes) is 26. The van der Waals surface area contributed by atoms with Crippen molar-refractivity contribution in [1.29, 1.82) is 0 Å². The van der Waals surface area contributed by atoms with E-state index in [9.17, 15) is 14.4 Å². The molecule has 0 aliphatic heterocycles. The van der Waals surface area contributed by atoms with E-state index in [1.54, 1.807) is 0 Å². The fourth-order valence-corrected chi connectivity index (χ4v) is 7.33. The SMILES string of the molecule is CC/C=C\C/C=C\C/C=C\C/C=C\CCC(=O)OC(COC(=O)CCCCCCCCC/C=C\CCCCCCCCC)COC(=O)CCCCCCCCCCCCCCC. The second kappa shape index (κ2) is 50.8. The summed E-state index contributed by atoms with van der Waals surface area (Å²) in [5.41, 5.74) is 0. The first kappa shape index (κ1) is 59.1. The van der Waals surface area contributed by atoms with Gasteiger partial charge in [-0.2, -0.15) is 0 Å². The molecule has 0 rings (SSSR count). The third-order valence-corrected chi connectivity index (χ3v) is 11.3. The van der Waals surface area contributed by atoms with Crippen LogP contribution in [0.2, 0.25) is 0 Å².